The van der Waals surface area contributed by atoms with Crippen LogP contribution in [0.25, 0.3) is 0 Å². The highest BCUT2D eigenvalue weighted by Gasteiger charge is 2.49. The maximum atomic E-state index is 11.2. The normalized spacial score (nSPS) is 38.1. The summed E-state index contributed by atoms with van der Waals surface area (Å²) in [6.45, 7) is 1.49. The number of ether oxygens (including phenoxy) is 3. The van der Waals surface area contributed by atoms with Crippen molar-refractivity contribution < 1.29 is 29.2 Å². The van der Waals surface area contributed by atoms with Crippen LogP contribution in [-0.2, 0) is 19.0 Å². The van der Waals surface area contributed by atoms with Gasteiger partial charge in [0.05, 0.1) is 6.61 Å². The van der Waals surface area contributed by atoms with Gasteiger partial charge in [-0.2, -0.15) is 0 Å². The molecule has 2 aliphatic rings. The van der Waals surface area contributed by atoms with Crippen molar-refractivity contribution in [3.8, 4) is 0 Å². The average Bonchev–Trinajstić information content (AvgIpc) is 2.52. The number of carbonyl (C=O) groups is 1. The number of fused-ring (bicyclic) bond motifs is 1. The molecule has 1 aromatic carbocycles. The third-order valence-corrected chi connectivity index (χ3v) is 3.83. The summed E-state index contributed by atoms with van der Waals surface area (Å²) >= 11 is 0. The van der Waals surface area contributed by atoms with Crippen molar-refractivity contribution in [3.63, 3.8) is 0 Å². The Morgan fingerprint density at radius 3 is 2.64 bits per heavy atom. The minimum Gasteiger partial charge on any atom is -0.388 e. The first kappa shape index (κ1) is 15.4. The zero-order valence-corrected chi connectivity index (χ0v) is 12.1. The molecule has 2 heterocycles. The van der Waals surface area contributed by atoms with E-state index < -0.39 is 36.9 Å². The molecule has 6 atom stereocenters. The van der Waals surface area contributed by atoms with Crippen LogP contribution in [0.4, 0.5) is 0 Å². The highest BCUT2D eigenvalue weighted by Crippen LogP contribution is 2.33. The Balaban J connectivity index is 1.75. The molecule has 2 fully saturated rings. The summed E-state index contributed by atoms with van der Waals surface area (Å²) in [5, 5.41) is 22.8. The fraction of sp³-hybridized carbons (Fsp3) is 0.533. The molecule has 0 aromatic heterocycles. The zero-order valence-electron chi connectivity index (χ0n) is 12.1. The molecule has 22 heavy (non-hydrogen) atoms. The SMILES string of the molecule is CC(=O)N[C@H]1[C@@H](O)[C@H]2O[C@@H](c3ccccc3)OC[C@H]2O[C@H]1O. The number of hydrogen-bond donors (Lipinski definition) is 3. The van der Waals surface area contributed by atoms with Gasteiger partial charge in [0, 0.05) is 12.5 Å². The van der Waals surface area contributed by atoms with Gasteiger partial charge < -0.3 is 29.7 Å². The molecule has 0 radical (unpaired) electrons. The minimum atomic E-state index is -1.30. The monoisotopic (exact) mass is 309 g/mol. The smallest absolute Gasteiger partial charge is 0.217 e. The molecule has 7 heteroatoms. The highest BCUT2D eigenvalue weighted by molar-refractivity contribution is 5.73. The molecule has 2 aliphatic heterocycles. The van der Waals surface area contributed by atoms with Crippen molar-refractivity contribution in [2.45, 2.75) is 43.9 Å². The highest BCUT2D eigenvalue weighted by atomic mass is 16.7. The lowest BCUT2D eigenvalue weighted by atomic mass is 9.96. The summed E-state index contributed by atoms with van der Waals surface area (Å²) in [6.07, 6.45) is -4.29. The fourth-order valence-corrected chi connectivity index (χ4v) is 2.78. The molecule has 1 aromatic rings. The number of hydrogen-bond acceptors (Lipinski definition) is 6. The van der Waals surface area contributed by atoms with Gasteiger partial charge in [0.2, 0.25) is 5.91 Å². The van der Waals surface area contributed by atoms with Crippen LogP contribution in [0.1, 0.15) is 18.8 Å². The van der Waals surface area contributed by atoms with Crippen molar-refractivity contribution in [2.24, 2.45) is 0 Å². The predicted octanol–water partition coefficient (Wildman–Crippen LogP) is -0.317. The molecule has 120 valence electrons. The van der Waals surface area contributed by atoms with E-state index in [1.165, 1.54) is 6.92 Å². The summed E-state index contributed by atoms with van der Waals surface area (Å²) in [5.41, 5.74) is 0.829. The number of aliphatic hydroxyl groups is 2. The van der Waals surface area contributed by atoms with Crippen LogP contribution in [0.5, 0.6) is 0 Å². The molecule has 1 amide bonds. The first-order chi connectivity index (χ1) is 10.6. The number of carbonyl (C=O) groups excluding carboxylic acids is 1. The topological polar surface area (TPSA) is 97.3 Å². The molecule has 0 bridgehead atoms. The molecule has 0 saturated carbocycles. The van der Waals surface area contributed by atoms with Gasteiger partial charge in [-0.05, 0) is 0 Å². The standard InChI is InChI=1S/C15H19NO6/c1-8(17)16-11-12(18)13-10(21-14(11)19)7-20-15(22-13)9-5-3-2-4-6-9/h2-6,10-15,18-19H,7H2,1H3,(H,16,17)/t10-,11+,12-,13+,14-,15+/m1/s1. The summed E-state index contributed by atoms with van der Waals surface area (Å²) in [4.78, 5) is 11.2. The maximum Gasteiger partial charge on any atom is 0.217 e. The molecular formula is C15H19NO6. The molecule has 0 unspecified atom stereocenters. The molecular weight excluding hydrogens is 290 g/mol. The van der Waals surface area contributed by atoms with Crippen LogP contribution in [0.15, 0.2) is 30.3 Å². The van der Waals surface area contributed by atoms with Gasteiger partial charge in [-0.15, -0.1) is 0 Å². The number of nitrogens with one attached hydrogen (secondary N) is 1. The van der Waals surface area contributed by atoms with Crippen LogP contribution >= 0.6 is 0 Å². The lowest BCUT2D eigenvalue weighted by Gasteiger charge is -2.46. The molecule has 3 rings (SSSR count). The second-order valence-electron chi connectivity index (χ2n) is 5.46. The van der Waals surface area contributed by atoms with E-state index >= 15 is 0 Å². The molecule has 7 nitrogen and oxygen atoms in total. The van der Waals surface area contributed by atoms with E-state index in [4.69, 9.17) is 14.2 Å². The third kappa shape index (κ3) is 2.99. The Hall–Kier alpha value is -1.51. The molecule has 0 spiro atoms. The largest absolute Gasteiger partial charge is 0.388 e. The van der Waals surface area contributed by atoms with E-state index in [1.807, 2.05) is 30.3 Å². The Bertz CT molecular complexity index is 524. The van der Waals surface area contributed by atoms with Gasteiger partial charge in [0.15, 0.2) is 12.6 Å². The van der Waals surface area contributed by atoms with Crippen LogP contribution in [-0.4, -0.2) is 53.4 Å². The third-order valence-electron chi connectivity index (χ3n) is 3.83. The van der Waals surface area contributed by atoms with E-state index in [2.05, 4.69) is 5.32 Å². The van der Waals surface area contributed by atoms with Crippen LogP contribution in [0.2, 0.25) is 0 Å². The lowest BCUT2D eigenvalue weighted by Crippen LogP contribution is -2.66. The molecule has 2 saturated heterocycles. The lowest BCUT2D eigenvalue weighted by molar-refractivity contribution is -0.337. The Morgan fingerprint density at radius 1 is 1.23 bits per heavy atom. The molecule has 0 aliphatic carbocycles. The van der Waals surface area contributed by atoms with E-state index in [0.29, 0.717) is 0 Å². The number of rotatable bonds is 2. The first-order valence-corrected chi connectivity index (χ1v) is 7.17. The maximum absolute atomic E-state index is 11.2. The van der Waals surface area contributed by atoms with Gasteiger partial charge in [0.25, 0.3) is 0 Å². The summed E-state index contributed by atoms with van der Waals surface area (Å²) in [7, 11) is 0. The van der Waals surface area contributed by atoms with E-state index in [-0.39, 0.29) is 12.5 Å². The Morgan fingerprint density at radius 2 is 1.95 bits per heavy atom. The minimum absolute atomic E-state index is 0.186. The zero-order chi connectivity index (χ0) is 15.7. The number of aliphatic hydroxyl groups excluding tert-OH is 2. The summed E-state index contributed by atoms with van der Waals surface area (Å²) in [6, 6.07) is 8.41. The van der Waals surface area contributed by atoms with Crippen LogP contribution in [0.3, 0.4) is 0 Å². The van der Waals surface area contributed by atoms with Gasteiger partial charge in [-0.3, -0.25) is 4.79 Å². The first-order valence-electron chi connectivity index (χ1n) is 7.17. The summed E-state index contributed by atoms with van der Waals surface area (Å²) < 4.78 is 16.8. The van der Waals surface area contributed by atoms with E-state index in [1.54, 1.807) is 0 Å². The summed E-state index contributed by atoms with van der Waals surface area (Å²) in [5.74, 6) is -0.364. The number of amides is 1. The van der Waals surface area contributed by atoms with Crippen molar-refractivity contribution in [3.05, 3.63) is 35.9 Å². The second-order valence-corrected chi connectivity index (χ2v) is 5.46. The second kappa shape index (κ2) is 6.31. The number of benzene rings is 1. The van der Waals surface area contributed by atoms with E-state index in [0.717, 1.165) is 5.56 Å². The van der Waals surface area contributed by atoms with Crippen LogP contribution < -0.4 is 5.32 Å². The average molecular weight is 309 g/mol. The quantitative estimate of drug-likeness (QED) is 0.693. The van der Waals surface area contributed by atoms with Gasteiger partial charge in [-0.25, -0.2) is 0 Å². The fourth-order valence-electron chi connectivity index (χ4n) is 2.78. The van der Waals surface area contributed by atoms with Crippen molar-refractivity contribution >= 4 is 5.91 Å². The van der Waals surface area contributed by atoms with Gasteiger partial charge >= 0.3 is 0 Å². The van der Waals surface area contributed by atoms with Crippen molar-refractivity contribution in [1.29, 1.82) is 0 Å². The van der Waals surface area contributed by atoms with Crippen molar-refractivity contribution in [1.82, 2.24) is 5.32 Å². The Kier molecular flexibility index (Phi) is 4.42. The predicted molar refractivity (Wildman–Crippen MR) is 74.5 cm³/mol. The molecule has 3 N–H and O–H groups in total. The van der Waals surface area contributed by atoms with E-state index in [9.17, 15) is 15.0 Å². The van der Waals surface area contributed by atoms with Crippen LogP contribution in [0, 0.1) is 0 Å². The Labute approximate surface area is 127 Å². The van der Waals surface area contributed by atoms with Gasteiger partial charge in [0.1, 0.15) is 24.4 Å². The van der Waals surface area contributed by atoms with Crippen molar-refractivity contribution in [2.75, 3.05) is 6.61 Å². The van der Waals surface area contributed by atoms with Gasteiger partial charge in [-0.1, -0.05) is 30.3 Å².